The molecule has 4 atom stereocenters. The number of likely N-dealkylation sites (tertiary alicyclic amines) is 1. The lowest BCUT2D eigenvalue weighted by atomic mass is 9.85. The van der Waals surface area contributed by atoms with Gasteiger partial charge >= 0.3 is 6.09 Å². The van der Waals surface area contributed by atoms with Crippen molar-refractivity contribution < 1.29 is 28.3 Å². The number of ether oxygens (including phenoxy) is 1. The normalized spacial score (nSPS) is 17.0. The molecule has 52 heavy (non-hydrogen) atoms. The number of carbonyl (C=O) groups is 4. The lowest BCUT2D eigenvalue weighted by molar-refractivity contribution is -0.141. The highest BCUT2D eigenvalue weighted by Gasteiger charge is 2.44. The van der Waals surface area contributed by atoms with E-state index in [4.69, 9.17) is 4.74 Å². The molecule has 2 N–H and O–H groups in total. The summed E-state index contributed by atoms with van der Waals surface area (Å²) in [6.07, 6.45) is 5.69. The van der Waals surface area contributed by atoms with Gasteiger partial charge in [-0.15, -0.1) is 0 Å². The average molecular weight is 714 g/mol. The molecule has 1 fully saturated rings. The number of hydrogen-bond acceptors (Lipinski definition) is 7. The molecule has 3 heterocycles. The third-order valence-electron chi connectivity index (χ3n) is 9.45. The fourth-order valence-corrected chi connectivity index (χ4v) is 6.22. The molecule has 0 unspecified atom stereocenters. The van der Waals surface area contributed by atoms with E-state index in [1.807, 2.05) is 65.0 Å². The van der Waals surface area contributed by atoms with Crippen LogP contribution in [0.3, 0.4) is 0 Å². The predicted octanol–water partition coefficient (Wildman–Crippen LogP) is 5.03. The van der Waals surface area contributed by atoms with Gasteiger partial charge in [0.05, 0.1) is 12.1 Å². The fourth-order valence-electron chi connectivity index (χ4n) is 6.22. The first-order valence-electron chi connectivity index (χ1n) is 17.7. The molecule has 12 nitrogen and oxygen atoms in total. The molecular formula is C39H48FN7O5. The van der Waals surface area contributed by atoms with Gasteiger partial charge in [0, 0.05) is 44.1 Å². The van der Waals surface area contributed by atoms with Crippen LogP contribution in [0.15, 0.2) is 79.3 Å². The van der Waals surface area contributed by atoms with E-state index in [0.717, 1.165) is 11.1 Å². The van der Waals surface area contributed by atoms with Gasteiger partial charge in [0.2, 0.25) is 17.6 Å². The molecule has 276 valence electrons. The zero-order chi connectivity index (χ0) is 37.4. The van der Waals surface area contributed by atoms with Gasteiger partial charge in [-0.25, -0.2) is 19.2 Å². The van der Waals surface area contributed by atoms with E-state index in [0.29, 0.717) is 25.0 Å². The summed E-state index contributed by atoms with van der Waals surface area (Å²) in [6, 6.07) is 15.3. The molecule has 2 aromatic heterocycles. The highest BCUT2D eigenvalue weighted by Crippen LogP contribution is 2.28. The van der Waals surface area contributed by atoms with Gasteiger partial charge in [0.1, 0.15) is 24.2 Å². The van der Waals surface area contributed by atoms with Crippen LogP contribution in [0.25, 0.3) is 5.78 Å². The number of alkyl carbamates (subject to hydrolysis) is 1. The third-order valence-corrected chi connectivity index (χ3v) is 9.45. The van der Waals surface area contributed by atoms with Gasteiger partial charge in [-0.1, -0.05) is 77.1 Å². The molecule has 1 saturated heterocycles. The Morgan fingerprint density at radius 1 is 1.04 bits per heavy atom. The zero-order valence-corrected chi connectivity index (χ0v) is 30.4. The third kappa shape index (κ3) is 9.71. The Hall–Kier alpha value is -5.33. The van der Waals surface area contributed by atoms with E-state index in [2.05, 4.69) is 20.6 Å². The molecular weight excluding hydrogens is 665 g/mol. The molecule has 0 bridgehead atoms. The van der Waals surface area contributed by atoms with Crippen molar-refractivity contribution in [1.82, 2.24) is 34.8 Å². The zero-order valence-electron chi connectivity index (χ0n) is 30.4. The number of amides is 4. The first-order chi connectivity index (χ1) is 24.8. The van der Waals surface area contributed by atoms with Gasteiger partial charge in [-0.05, 0) is 54.0 Å². The number of nitrogens with zero attached hydrogens (tertiary/aromatic N) is 5. The Kier molecular flexibility index (Phi) is 12.2. The molecule has 0 radical (unpaired) electrons. The molecule has 1 aliphatic rings. The number of rotatable bonds is 13. The highest BCUT2D eigenvalue weighted by molar-refractivity contribution is 5.93. The number of hydrogen-bond donors (Lipinski definition) is 2. The molecule has 2 aromatic carbocycles. The van der Waals surface area contributed by atoms with Crippen LogP contribution in [0.1, 0.15) is 69.1 Å². The van der Waals surface area contributed by atoms with Crippen LogP contribution >= 0.6 is 0 Å². The topological polar surface area (TPSA) is 138 Å². The summed E-state index contributed by atoms with van der Waals surface area (Å²) in [6.45, 7) is 10.00. The van der Waals surface area contributed by atoms with Crippen LogP contribution in [0.5, 0.6) is 0 Å². The van der Waals surface area contributed by atoms with Crippen molar-refractivity contribution in [2.75, 3.05) is 19.6 Å². The number of fused-ring (bicyclic) bond motifs is 1. The summed E-state index contributed by atoms with van der Waals surface area (Å²) >= 11 is 0. The second-order valence-electron chi connectivity index (χ2n) is 14.5. The van der Waals surface area contributed by atoms with E-state index in [9.17, 15) is 23.6 Å². The summed E-state index contributed by atoms with van der Waals surface area (Å²) in [5.41, 5.74) is 1.20. The number of nitrogens with one attached hydrogen (secondary N) is 2. The molecule has 0 spiro atoms. The Morgan fingerprint density at radius 2 is 1.77 bits per heavy atom. The highest BCUT2D eigenvalue weighted by atomic mass is 19.1. The minimum atomic E-state index is -0.867. The lowest BCUT2D eigenvalue weighted by Crippen LogP contribution is -2.58. The molecule has 4 aromatic rings. The van der Waals surface area contributed by atoms with Crippen molar-refractivity contribution in [2.45, 2.75) is 78.6 Å². The van der Waals surface area contributed by atoms with Crippen molar-refractivity contribution in [2.24, 2.45) is 11.3 Å². The van der Waals surface area contributed by atoms with Gasteiger partial charge in [-0.3, -0.25) is 18.8 Å². The van der Waals surface area contributed by atoms with Gasteiger partial charge < -0.3 is 25.2 Å². The molecule has 13 heteroatoms. The van der Waals surface area contributed by atoms with E-state index in [-0.39, 0.29) is 61.4 Å². The summed E-state index contributed by atoms with van der Waals surface area (Å²) in [5, 5.41) is 5.91. The summed E-state index contributed by atoms with van der Waals surface area (Å²) in [4.78, 5) is 66.8. The smallest absolute Gasteiger partial charge is 0.407 e. The largest absolute Gasteiger partial charge is 0.445 e. The number of halogens is 1. The van der Waals surface area contributed by atoms with E-state index in [1.165, 1.54) is 12.1 Å². The number of aromatic nitrogens is 3. The van der Waals surface area contributed by atoms with Gasteiger partial charge in [0.25, 0.3) is 5.91 Å². The molecule has 4 amide bonds. The summed E-state index contributed by atoms with van der Waals surface area (Å²) < 4.78 is 20.9. The van der Waals surface area contributed by atoms with Crippen molar-refractivity contribution in [3.8, 4) is 0 Å². The summed E-state index contributed by atoms with van der Waals surface area (Å²) in [5.74, 6) is -1.17. The van der Waals surface area contributed by atoms with E-state index >= 15 is 0 Å². The predicted molar refractivity (Wildman–Crippen MR) is 194 cm³/mol. The molecule has 1 aliphatic heterocycles. The minimum Gasteiger partial charge on any atom is -0.445 e. The van der Waals surface area contributed by atoms with Crippen LogP contribution < -0.4 is 10.6 Å². The van der Waals surface area contributed by atoms with Crippen LogP contribution in [0, 0.1) is 17.2 Å². The molecule has 5 rings (SSSR count). The number of imidazole rings is 1. The van der Waals surface area contributed by atoms with Crippen LogP contribution in [0.4, 0.5) is 9.18 Å². The van der Waals surface area contributed by atoms with Crippen LogP contribution in [0.2, 0.25) is 0 Å². The van der Waals surface area contributed by atoms with Crippen LogP contribution in [-0.4, -0.2) is 85.7 Å². The monoisotopic (exact) mass is 713 g/mol. The standard InChI is InChI=1S/C39H48FN7O5/c1-6-26(2)34(48)44-33(39(3,4)5)36(50)47-22-30(42-38(51)52-25-28-11-8-7-9-12-28)21-31(47)23-45(20-17-27-13-15-29(40)16-14-27)35(49)32-24-46-19-10-18-41-37(46)43-32/h7-16,18-19,24,26,30-31,33H,6,17,20-23,25H2,1-5H3,(H,42,51)(H,44,48)/t26-,30+,31+,33-/m1/s1. The van der Waals surface area contributed by atoms with Crippen molar-refractivity contribution >= 4 is 29.6 Å². The Labute approximate surface area is 303 Å². The van der Waals surface area contributed by atoms with Crippen molar-refractivity contribution in [1.29, 1.82) is 0 Å². The second kappa shape index (κ2) is 16.8. The quantitative estimate of drug-likeness (QED) is 0.198. The van der Waals surface area contributed by atoms with E-state index in [1.54, 1.807) is 51.0 Å². The first kappa shape index (κ1) is 37.9. The second-order valence-corrected chi connectivity index (χ2v) is 14.5. The molecule has 0 aliphatic carbocycles. The number of carbonyl (C=O) groups excluding carboxylic acids is 4. The Morgan fingerprint density at radius 3 is 2.44 bits per heavy atom. The minimum absolute atomic E-state index is 0.0821. The number of benzene rings is 2. The maximum atomic E-state index is 14.5. The average Bonchev–Trinajstić information content (AvgIpc) is 3.75. The maximum absolute atomic E-state index is 14.5. The fraction of sp³-hybridized carbons (Fsp3) is 0.436. The summed E-state index contributed by atoms with van der Waals surface area (Å²) in [7, 11) is 0. The van der Waals surface area contributed by atoms with Gasteiger partial charge in [0.15, 0.2) is 0 Å². The van der Waals surface area contributed by atoms with Crippen LogP contribution in [-0.2, 0) is 27.4 Å². The van der Waals surface area contributed by atoms with E-state index < -0.39 is 29.6 Å². The van der Waals surface area contributed by atoms with Gasteiger partial charge in [-0.2, -0.15) is 0 Å². The lowest BCUT2D eigenvalue weighted by Gasteiger charge is -2.37. The first-order valence-corrected chi connectivity index (χ1v) is 17.7. The SMILES string of the molecule is CC[C@@H](C)C(=O)N[C@H](C(=O)N1C[C@@H](NC(=O)OCc2ccccc2)C[C@H]1CN(CCc1ccc(F)cc1)C(=O)c1cn2cccnc2n1)C(C)(C)C. The van der Waals surface area contributed by atoms with Crippen molar-refractivity contribution in [3.63, 3.8) is 0 Å². The Balaban J connectivity index is 1.42. The van der Waals surface area contributed by atoms with Crippen molar-refractivity contribution in [3.05, 3.63) is 102 Å². The maximum Gasteiger partial charge on any atom is 0.407 e. The Bertz CT molecular complexity index is 1810. The molecule has 0 saturated carbocycles.